The van der Waals surface area contributed by atoms with Gasteiger partial charge in [-0.1, -0.05) is 23.2 Å². The van der Waals surface area contributed by atoms with E-state index in [0.29, 0.717) is 11.8 Å². The minimum Gasteiger partial charge on any atom is -0.468 e. The average molecular weight is 492 g/mol. The highest BCUT2D eigenvalue weighted by atomic mass is 35.5. The molecule has 0 unspecified atom stereocenters. The topological polar surface area (TPSA) is 127 Å². The molecule has 0 aliphatic rings. The Labute approximate surface area is 197 Å². The van der Waals surface area contributed by atoms with Gasteiger partial charge in [-0.2, -0.15) is 4.98 Å². The Hall–Kier alpha value is -3.50. The van der Waals surface area contributed by atoms with Crippen molar-refractivity contribution < 1.29 is 18.8 Å². The van der Waals surface area contributed by atoms with E-state index in [9.17, 15) is 9.59 Å². The molecule has 0 fully saturated rings. The zero-order valence-electron chi connectivity index (χ0n) is 18.1. The quantitative estimate of drug-likeness (QED) is 0.444. The van der Waals surface area contributed by atoms with Gasteiger partial charge in [-0.3, -0.25) is 13.9 Å². The Bertz CT molecular complexity index is 1420. The summed E-state index contributed by atoms with van der Waals surface area (Å²) in [6.07, 6.45) is 0. The van der Waals surface area contributed by atoms with Crippen LogP contribution in [0.4, 0.5) is 0 Å². The van der Waals surface area contributed by atoms with Gasteiger partial charge >= 0.3 is 5.76 Å². The maximum atomic E-state index is 12.0. The largest absolute Gasteiger partial charge is 0.468 e. The smallest absolute Gasteiger partial charge is 0.446 e. The molecule has 4 rings (SSSR count). The van der Waals surface area contributed by atoms with Gasteiger partial charge in [-0.05, 0) is 50.2 Å². The Morgan fingerprint density at radius 2 is 1.82 bits per heavy atom. The number of hydrogen-bond donors (Lipinski definition) is 1. The van der Waals surface area contributed by atoms with E-state index < -0.39 is 17.5 Å². The van der Waals surface area contributed by atoms with Gasteiger partial charge in [0.25, 0.3) is 11.9 Å². The molecule has 0 aliphatic heterocycles. The van der Waals surface area contributed by atoms with Gasteiger partial charge in [-0.15, -0.1) is 0 Å². The maximum absolute atomic E-state index is 12.0. The van der Waals surface area contributed by atoms with Crippen molar-refractivity contribution in [1.29, 1.82) is 0 Å². The van der Waals surface area contributed by atoms with Crippen LogP contribution in [-0.4, -0.2) is 32.3 Å². The summed E-state index contributed by atoms with van der Waals surface area (Å²) in [5.74, 6) is -1.66. The maximum Gasteiger partial charge on any atom is 0.446 e. The molecule has 2 N–H and O–H groups in total. The van der Waals surface area contributed by atoms with Crippen molar-refractivity contribution in [2.45, 2.75) is 26.3 Å². The Balaban J connectivity index is 1.77. The van der Waals surface area contributed by atoms with Crippen LogP contribution in [0.1, 0.15) is 31.4 Å². The van der Waals surface area contributed by atoms with E-state index in [1.54, 1.807) is 25.3 Å². The van der Waals surface area contributed by atoms with Crippen molar-refractivity contribution >= 4 is 40.1 Å². The Morgan fingerprint density at radius 1 is 1.15 bits per heavy atom. The van der Waals surface area contributed by atoms with Gasteiger partial charge < -0.3 is 15.2 Å². The molecule has 4 aromatic rings. The molecule has 0 aliphatic carbocycles. The molecule has 0 radical (unpaired) electrons. The molecule has 2 aromatic carbocycles. The summed E-state index contributed by atoms with van der Waals surface area (Å²) in [6.45, 7) is 6.09. The molecule has 0 spiro atoms. The zero-order chi connectivity index (χ0) is 24.1. The van der Waals surface area contributed by atoms with E-state index in [1.807, 2.05) is 25.3 Å². The SMILES string of the molecule is COc1nc2ccc(Oc3c(Cl)cc(-n4c(C(N)=O)noc4=O)cc3Cl)cc2n1C(C)(C)C. The van der Waals surface area contributed by atoms with Crippen LogP contribution in [0.15, 0.2) is 39.6 Å². The lowest BCUT2D eigenvalue weighted by Gasteiger charge is -2.23. The summed E-state index contributed by atoms with van der Waals surface area (Å²) in [6, 6.07) is 8.55. The molecule has 1 amide bonds. The summed E-state index contributed by atoms with van der Waals surface area (Å²) >= 11 is 12.8. The van der Waals surface area contributed by atoms with E-state index in [2.05, 4.69) is 14.7 Å². The molecule has 33 heavy (non-hydrogen) atoms. The molecular formula is C21H19Cl2N5O5. The lowest BCUT2D eigenvalue weighted by Crippen LogP contribution is -2.22. The number of benzene rings is 2. The zero-order valence-corrected chi connectivity index (χ0v) is 19.6. The van der Waals surface area contributed by atoms with E-state index >= 15 is 0 Å². The minimum atomic E-state index is -0.951. The Morgan fingerprint density at radius 3 is 2.39 bits per heavy atom. The molecule has 2 heterocycles. The third kappa shape index (κ3) is 4.03. The van der Waals surface area contributed by atoms with Gasteiger partial charge in [0.15, 0.2) is 5.75 Å². The minimum absolute atomic E-state index is 0.0861. The molecule has 172 valence electrons. The highest BCUT2D eigenvalue weighted by Crippen LogP contribution is 2.39. The van der Waals surface area contributed by atoms with Crippen LogP contribution >= 0.6 is 23.2 Å². The van der Waals surface area contributed by atoms with E-state index in [0.717, 1.165) is 15.6 Å². The third-order valence-corrected chi connectivity index (χ3v) is 5.30. The highest BCUT2D eigenvalue weighted by Gasteiger charge is 2.24. The van der Waals surface area contributed by atoms with Gasteiger partial charge in [0.1, 0.15) is 5.75 Å². The van der Waals surface area contributed by atoms with Gasteiger partial charge in [0, 0.05) is 11.6 Å². The number of halogens is 2. The second-order valence-corrected chi connectivity index (χ2v) is 8.88. The first-order chi connectivity index (χ1) is 15.5. The van der Waals surface area contributed by atoms with Crippen molar-refractivity contribution in [1.82, 2.24) is 19.3 Å². The van der Waals surface area contributed by atoms with Gasteiger partial charge in [0.05, 0.1) is 33.9 Å². The van der Waals surface area contributed by atoms with E-state index in [-0.39, 0.29) is 27.0 Å². The van der Waals surface area contributed by atoms with Gasteiger partial charge in [-0.25, -0.2) is 9.36 Å². The molecule has 0 bridgehead atoms. The second-order valence-electron chi connectivity index (χ2n) is 8.07. The van der Waals surface area contributed by atoms with Gasteiger partial charge in [0.2, 0.25) is 5.82 Å². The number of methoxy groups -OCH3 is 1. The fourth-order valence-electron chi connectivity index (χ4n) is 3.41. The number of fused-ring (bicyclic) bond motifs is 1. The predicted octanol–water partition coefficient (Wildman–Crippen LogP) is 4.14. The molecule has 2 aromatic heterocycles. The fraction of sp³-hybridized carbons (Fsp3) is 0.238. The van der Waals surface area contributed by atoms with Crippen LogP contribution in [0.5, 0.6) is 17.5 Å². The van der Waals surface area contributed by atoms with Crippen LogP contribution in [0, 0.1) is 0 Å². The van der Waals surface area contributed by atoms with Crippen molar-refractivity contribution in [3.63, 3.8) is 0 Å². The molecular weight excluding hydrogens is 473 g/mol. The van der Waals surface area contributed by atoms with Crippen molar-refractivity contribution in [2.24, 2.45) is 5.73 Å². The van der Waals surface area contributed by atoms with E-state index in [1.165, 1.54) is 12.1 Å². The lowest BCUT2D eigenvalue weighted by molar-refractivity contribution is 0.0985. The van der Waals surface area contributed by atoms with Crippen LogP contribution in [0.2, 0.25) is 10.0 Å². The number of primary amides is 1. The van der Waals surface area contributed by atoms with Crippen LogP contribution < -0.4 is 21.0 Å². The van der Waals surface area contributed by atoms with Crippen LogP contribution in [0.25, 0.3) is 16.7 Å². The molecule has 0 saturated heterocycles. The van der Waals surface area contributed by atoms with E-state index in [4.69, 9.17) is 38.4 Å². The summed E-state index contributed by atoms with van der Waals surface area (Å²) < 4.78 is 18.8. The average Bonchev–Trinajstić information content (AvgIpc) is 3.30. The predicted molar refractivity (Wildman–Crippen MR) is 122 cm³/mol. The highest BCUT2D eigenvalue weighted by molar-refractivity contribution is 6.37. The standard InChI is InChI=1S/C21H19Cl2N5O5/c1-21(2,3)28-15-9-11(5-6-14(15)25-19(28)31-4)32-16-12(22)7-10(8-13(16)23)27-18(17(24)29)26-33-20(27)30/h5-9H,1-4H3,(H2,24,29). The van der Waals surface area contributed by atoms with Crippen LogP contribution in [-0.2, 0) is 5.54 Å². The second kappa shape index (κ2) is 8.13. The summed E-state index contributed by atoms with van der Waals surface area (Å²) in [5, 5.41) is 3.54. The third-order valence-electron chi connectivity index (χ3n) is 4.73. The lowest BCUT2D eigenvalue weighted by atomic mass is 10.1. The first-order valence-electron chi connectivity index (χ1n) is 9.64. The molecule has 0 saturated carbocycles. The first kappa shape index (κ1) is 22.7. The number of imidazole rings is 1. The number of carbonyl (C=O) groups is 1. The van der Waals surface area contributed by atoms with Crippen molar-refractivity contribution in [2.75, 3.05) is 7.11 Å². The number of ether oxygens (including phenoxy) is 2. The number of hydrogen-bond acceptors (Lipinski definition) is 7. The number of nitrogens with zero attached hydrogens (tertiary/aromatic N) is 4. The monoisotopic (exact) mass is 491 g/mol. The number of nitrogens with two attached hydrogens (primary N) is 1. The molecule has 10 nitrogen and oxygen atoms in total. The van der Waals surface area contributed by atoms with Crippen LogP contribution in [0.3, 0.4) is 0 Å². The number of amides is 1. The number of rotatable bonds is 5. The number of aromatic nitrogens is 4. The summed E-state index contributed by atoms with van der Waals surface area (Å²) in [7, 11) is 1.56. The van der Waals surface area contributed by atoms with Crippen molar-refractivity contribution in [3.8, 4) is 23.2 Å². The van der Waals surface area contributed by atoms with Crippen molar-refractivity contribution in [3.05, 3.63) is 56.8 Å². The Kier molecular flexibility index (Phi) is 5.59. The first-order valence-corrected chi connectivity index (χ1v) is 10.4. The molecule has 12 heteroatoms. The number of carbonyl (C=O) groups excluding carboxylic acids is 1. The summed E-state index contributed by atoms with van der Waals surface area (Å²) in [5.41, 5.74) is 6.61. The summed E-state index contributed by atoms with van der Waals surface area (Å²) in [4.78, 5) is 28.0. The fourth-order valence-corrected chi connectivity index (χ4v) is 3.96. The normalized spacial score (nSPS) is 11.7. The molecule has 0 atom stereocenters.